The maximum absolute atomic E-state index is 10.7. The van der Waals surface area contributed by atoms with Crippen molar-refractivity contribution in [1.29, 1.82) is 0 Å². The average molecular weight is 485 g/mol. The fraction of sp³-hybridized carbons (Fsp3) is 0.0667. The zero-order valence-corrected chi connectivity index (χ0v) is 16.8. The van der Waals surface area contributed by atoms with E-state index in [-0.39, 0.29) is 0 Å². The number of alkyl halides is 1. The molecule has 13 heteroatoms. The Morgan fingerprint density at radius 3 is 1.68 bits per heavy atom. The van der Waals surface area contributed by atoms with Gasteiger partial charge in [-0.1, -0.05) is 27.9 Å². The van der Waals surface area contributed by atoms with Gasteiger partial charge in [0, 0.05) is 10.0 Å². The molecular weight excluding hydrogens is 474 g/mol. The van der Waals surface area contributed by atoms with Crippen molar-refractivity contribution in [2.24, 2.45) is 0 Å². The molecule has 0 saturated heterocycles. The molecule has 0 bridgehead atoms. The molecule has 3 aromatic rings. The summed E-state index contributed by atoms with van der Waals surface area (Å²) < 4.78 is 62.8. The van der Waals surface area contributed by atoms with Crippen LogP contribution in [0.2, 0.25) is 10.0 Å². The molecule has 0 amide bonds. The summed E-state index contributed by atoms with van der Waals surface area (Å²) in [5.74, 6) is 0.357. The van der Waals surface area contributed by atoms with Crippen LogP contribution in [0.3, 0.4) is 0 Å². The van der Waals surface area contributed by atoms with Gasteiger partial charge in [0.1, 0.15) is 5.21 Å². The van der Waals surface area contributed by atoms with E-state index >= 15 is 0 Å². The van der Waals surface area contributed by atoms with Gasteiger partial charge in [-0.2, -0.15) is 0 Å². The van der Waals surface area contributed by atoms with E-state index in [1.54, 1.807) is 9.36 Å². The van der Waals surface area contributed by atoms with Gasteiger partial charge >= 0.3 is 33.0 Å². The van der Waals surface area contributed by atoms with Gasteiger partial charge in [0.05, 0.1) is 5.88 Å². The molecule has 0 unspecified atom stereocenters. The van der Waals surface area contributed by atoms with Crippen LogP contribution in [-0.4, -0.2) is 9.90 Å². The standard InChI is InChI=1S/C15H11Cl3N3.F6P/c16-9-15-10-20(13-5-1-11(17)2-6-13)19-21(15)14-7-3-12(18)4-8-14;1-7(2,3,4,5)6/h1-8,10H,9H2;/q+1;-1. The van der Waals surface area contributed by atoms with Crippen molar-refractivity contribution in [2.75, 3.05) is 0 Å². The molecule has 1 aromatic heterocycles. The van der Waals surface area contributed by atoms with Crippen molar-refractivity contribution in [2.45, 2.75) is 5.88 Å². The van der Waals surface area contributed by atoms with Crippen molar-refractivity contribution in [3.63, 3.8) is 0 Å². The van der Waals surface area contributed by atoms with Gasteiger partial charge in [-0.3, -0.25) is 0 Å². The normalized spacial score (nSPS) is 13.9. The van der Waals surface area contributed by atoms with Crippen LogP contribution in [0, 0.1) is 0 Å². The first kappa shape index (κ1) is 22.7. The van der Waals surface area contributed by atoms with E-state index < -0.39 is 7.81 Å². The molecule has 0 saturated carbocycles. The molecule has 0 radical (unpaired) electrons. The van der Waals surface area contributed by atoms with Crippen molar-refractivity contribution in [3.05, 3.63) is 70.5 Å². The predicted molar refractivity (Wildman–Crippen MR) is 98.2 cm³/mol. The van der Waals surface area contributed by atoms with Gasteiger partial charge in [-0.15, -0.1) is 16.3 Å². The molecule has 2 aromatic carbocycles. The number of benzene rings is 2. The zero-order chi connectivity index (χ0) is 21.2. The van der Waals surface area contributed by atoms with Crippen molar-refractivity contribution in [3.8, 4) is 11.4 Å². The van der Waals surface area contributed by atoms with Gasteiger partial charge in [0.25, 0.3) is 0 Å². The van der Waals surface area contributed by atoms with Crippen molar-refractivity contribution in [1.82, 2.24) is 9.90 Å². The van der Waals surface area contributed by atoms with Crippen LogP contribution < -0.4 is 4.68 Å². The summed E-state index contributed by atoms with van der Waals surface area (Å²) in [5, 5.41) is 5.92. The molecule has 0 aliphatic rings. The van der Waals surface area contributed by atoms with Crippen LogP contribution in [0.1, 0.15) is 5.69 Å². The number of nitrogens with zero attached hydrogens (tertiary/aromatic N) is 3. The fourth-order valence-corrected chi connectivity index (χ4v) is 2.42. The molecule has 0 spiro atoms. The van der Waals surface area contributed by atoms with E-state index in [4.69, 9.17) is 34.8 Å². The predicted octanol–water partition coefficient (Wildman–Crippen LogP) is 7.58. The first-order valence-electron chi connectivity index (χ1n) is 7.27. The molecular formula is C15H11Cl3F6N3P. The van der Waals surface area contributed by atoms with Crippen LogP contribution >= 0.6 is 42.6 Å². The van der Waals surface area contributed by atoms with Crippen LogP contribution in [-0.2, 0) is 5.88 Å². The van der Waals surface area contributed by atoms with Crippen molar-refractivity contribution < 1.29 is 29.9 Å². The van der Waals surface area contributed by atoms with Gasteiger partial charge < -0.3 is 0 Å². The van der Waals surface area contributed by atoms with Crippen LogP contribution in [0.5, 0.6) is 0 Å². The second-order valence-electron chi connectivity index (χ2n) is 5.41. The second-order valence-corrected chi connectivity index (χ2v) is 8.47. The molecule has 0 aliphatic heterocycles. The number of hydrogen-bond acceptors (Lipinski definition) is 1. The summed E-state index contributed by atoms with van der Waals surface area (Å²) in [6.07, 6.45) is 1.89. The molecule has 3 nitrogen and oxygen atoms in total. The summed E-state index contributed by atoms with van der Waals surface area (Å²) in [6, 6.07) is 14.9. The average Bonchev–Trinajstić information content (AvgIpc) is 2.97. The van der Waals surface area contributed by atoms with Gasteiger partial charge in [-0.05, 0) is 48.5 Å². The molecule has 1 heterocycles. The Morgan fingerprint density at radius 1 is 0.821 bits per heavy atom. The first-order chi connectivity index (χ1) is 12.6. The van der Waals surface area contributed by atoms with E-state index in [0.717, 1.165) is 17.1 Å². The summed E-state index contributed by atoms with van der Waals surface area (Å²) in [5.41, 5.74) is 2.70. The Balaban J connectivity index is 0.000000345. The van der Waals surface area contributed by atoms with Crippen LogP contribution in [0.4, 0.5) is 25.2 Å². The third-order valence-corrected chi connectivity index (χ3v) is 3.81. The molecule has 3 rings (SSSR count). The SMILES string of the molecule is ClCc1c[n+](-c2ccc(Cl)cc2)nn1-c1ccc(Cl)cc1.F[P-](F)(F)(F)(F)F. The third kappa shape index (κ3) is 8.22. The van der Waals surface area contributed by atoms with Gasteiger partial charge in [-0.25, -0.2) is 0 Å². The summed E-state index contributed by atoms with van der Waals surface area (Å²) >= 11 is 17.8. The minimum atomic E-state index is -10.7. The van der Waals surface area contributed by atoms with E-state index in [2.05, 4.69) is 5.21 Å². The van der Waals surface area contributed by atoms with Gasteiger partial charge in [0.2, 0.25) is 0 Å². The molecule has 28 heavy (non-hydrogen) atoms. The molecule has 154 valence electrons. The Kier molecular flexibility index (Phi) is 5.99. The quantitative estimate of drug-likeness (QED) is 0.163. The Bertz CT molecular complexity index is 947. The molecule has 0 aliphatic carbocycles. The van der Waals surface area contributed by atoms with E-state index in [9.17, 15) is 25.2 Å². The first-order valence-corrected chi connectivity index (χ1v) is 10.6. The number of aromatic nitrogens is 3. The van der Waals surface area contributed by atoms with Gasteiger partial charge in [0.15, 0.2) is 23.3 Å². The van der Waals surface area contributed by atoms with E-state index in [1.165, 1.54) is 0 Å². The number of halogens is 9. The van der Waals surface area contributed by atoms with E-state index in [0.29, 0.717) is 15.9 Å². The summed E-state index contributed by atoms with van der Waals surface area (Å²) in [4.78, 5) is 0. The number of hydrogen-bond donors (Lipinski definition) is 0. The summed E-state index contributed by atoms with van der Waals surface area (Å²) in [7, 11) is -10.7. The topological polar surface area (TPSA) is 21.7 Å². The number of rotatable bonds is 3. The molecule has 0 N–H and O–H groups in total. The monoisotopic (exact) mass is 483 g/mol. The minimum absolute atomic E-state index is 0.357. The molecule has 0 fully saturated rings. The summed E-state index contributed by atoms with van der Waals surface area (Å²) in [6.45, 7) is 0. The Hall–Kier alpha value is -1.54. The molecule has 0 atom stereocenters. The maximum atomic E-state index is 9.87. The Labute approximate surface area is 170 Å². The Morgan fingerprint density at radius 2 is 1.25 bits per heavy atom. The second kappa shape index (κ2) is 7.37. The zero-order valence-electron chi connectivity index (χ0n) is 13.6. The van der Waals surface area contributed by atoms with Crippen LogP contribution in [0.15, 0.2) is 54.7 Å². The van der Waals surface area contributed by atoms with E-state index in [1.807, 2.05) is 54.7 Å². The van der Waals surface area contributed by atoms with Crippen LogP contribution in [0.25, 0.3) is 11.4 Å². The third-order valence-electron chi connectivity index (χ3n) is 3.03. The fourth-order valence-electron chi connectivity index (χ4n) is 1.99. The van der Waals surface area contributed by atoms with Crippen molar-refractivity contribution >= 4 is 42.6 Å².